The Morgan fingerprint density at radius 2 is 2.18 bits per heavy atom. The lowest BCUT2D eigenvalue weighted by Crippen LogP contribution is -2.28. The molecule has 1 aromatic heterocycles. The second-order valence-corrected chi connectivity index (χ2v) is 8.18. The Bertz CT molecular complexity index is 760. The van der Waals surface area contributed by atoms with Gasteiger partial charge in [-0.05, 0) is 31.4 Å². The fraction of sp³-hybridized carbons (Fsp3) is 0.438. The average molecular weight is 321 g/mol. The zero-order chi connectivity index (χ0) is 15.7. The van der Waals surface area contributed by atoms with Crippen LogP contribution in [-0.4, -0.2) is 25.8 Å². The van der Waals surface area contributed by atoms with Crippen LogP contribution < -0.4 is 5.32 Å². The number of carbonyl (C=O) groups excluding carboxylic acids is 1. The molecule has 2 atom stereocenters. The highest BCUT2D eigenvalue weighted by atomic mass is 32.2. The number of nitrogens with one attached hydrogen (secondary N) is 1. The lowest BCUT2D eigenvalue weighted by atomic mass is 10.0. The molecule has 1 N–H and O–H groups in total. The minimum atomic E-state index is -2.94. The molecule has 0 bridgehead atoms. The largest absolute Gasteiger partial charge is 0.459 e. The highest BCUT2D eigenvalue weighted by molar-refractivity contribution is 7.91. The summed E-state index contributed by atoms with van der Waals surface area (Å²) in [5, 5.41) is 3.88. The molecular weight excluding hydrogens is 302 g/mol. The number of rotatable bonds is 4. The molecule has 1 amide bonds. The number of hydrogen-bond donors (Lipinski definition) is 1. The summed E-state index contributed by atoms with van der Waals surface area (Å²) >= 11 is 0. The molecule has 1 saturated heterocycles. The summed E-state index contributed by atoms with van der Waals surface area (Å²) in [5.74, 6) is 0.834. The summed E-state index contributed by atoms with van der Waals surface area (Å²) in [6.45, 7) is 1.86. The van der Waals surface area contributed by atoms with Gasteiger partial charge in [0.25, 0.3) is 0 Å². The van der Waals surface area contributed by atoms with Crippen molar-refractivity contribution in [2.24, 2.45) is 5.92 Å². The molecule has 2 aromatic rings. The molecular formula is C16H19NO4S. The Hall–Kier alpha value is -1.82. The van der Waals surface area contributed by atoms with Crippen LogP contribution >= 0.6 is 0 Å². The third-order valence-corrected chi connectivity index (χ3v) is 5.89. The zero-order valence-corrected chi connectivity index (χ0v) is 13.2. The summed E-state index contributed by atoms with van der Waals surface area (Å²) in [6.07, 6.45) is 0.832. The number of sulfone groups is 1. The van der Waals surface area contributed by atoms with Gasteiger partial charge in [0, 0.05) is 11.8 Å². The van der Waals surface area contributed by atoms with E-state index in [1.165, 1.54) is 0 Å². The highest BCUT2D eigenvalue weighted by Crippen LogP contribution is 2.25. The fourth-order valence-corrected chi connectivity index (χ4v) is 4.74. The van der Waals surface area contributed by atoms with Gasteiger partial charge in [-0.15, -0.1) is 0 Å². The van der Waals surface area contributed by atoms with Gasteiger partial charge in [0.05, 0.1) is 17.5 Å². The van der Waals surface area contributed by atoms with Gasteiger partial charge in [0.15, 0.2) is 9.84 Å². The van der Waals surface area contributed by atoms with Crippen molar-refractivity contribution in [2.45, 2.75) is 25.8 Å². The standard InChI is InChI=1S/C16H19NO4S/c1-11(15-9-13-4-2-3-5-14(13)21-15)17-16(18)8-12-6-7-22(19,20)10-12/h2-5,9,11-12H,6-8,10H2,1H3,(H,17,18)/t11-,12+/m0/s1. The molecule has 118 valence electrons. The topological polar surface area (TPSA) is 76.4 Å². The van der Waals surface area contributed by atoms with Gasteiger partial charge in [-0.1, -0.05) is 18.2 Å². The molecule has 1 aliphatic heterocycles. The summed E-state index contributed by atoms with van der Waals surface area (Å²) in [7, 11) is -2.94. The lowest BCUT2D eigenvalue weighted by Gasteiger charge is -2.13. The van der Waals surface area contributed by atoms with Crippen LogP contribution in [-0.2, 0) is 14.6 Å². The van der Waals surface area contributed by atoms with Gasteiger partial charge in [-0.3, -0.25) is 4.79 Å². The van der Waals surface area contributed by atoms with Crippen molar-refractivity contribution in [1.29, 1.82) is 0 Å². The van der Waals surface area contributed by atoms with Gasteiger partial charge in [-0.25, -0.2) is 8.42 Å². The molecule has 0 aliphatic carbocycles. The van der Waals surface area contributed by atoms with Gasteiger partial charge in [0.2, 0.25) is 5.91 Å². The van der Waals surface area contributed by atoms with Gasteiger partial charge in [0.1, 0.15) is 11.3 Å². The highest BCUT2D eigenvalue weighted by Gasteiger charge is 2.29. The Balaban J connectivity index is 1.61. The predicted molar refractivity (Wildman–Crippen MR) is 84.1 cm³/mol. The maximum Gasteiger partial charge on any atom is 0.220 e. The summed E-state index contributed by atoms with van der Waals surface area (Å²) in [6, 6.07) is 9.36. The predicted octanol–water partition coefficient (Wildman–Crippen LogP) is 2.43. The molecule has 2 heterocycles. The van der Waals surface area contributed by atoms with Crippen LogP contribution in [0.3, 0.4) is 0 Å². The van der Waals surface area contributed by atoms with E-state index >= 15 is 0 Å². The molecule has 1 fully saturated rings. The van der Waals surface area contributed by atoms with Crippen molar-refractivity contribution < 1.29 is 17.6 Å². The second kappa shape index (κ2) is 5.76. The first kappa shape index (κ1) is 15.1. The van der Waals surface area contributed by atoms with Crippen LogP contribution in [0.25, 0.3) is 11.0 Å². The molecule has 22 heavy (non-hydrogen) atoms. The van der Waals surface area contributed by atoms with Gasteiger partial charge < -0.3 is 9.73 Å². The average Bonchev–Trinajstić information content (AvgIpc) is 3.01. The molecule has 0 radical (unpaired) electrons. The van der Waals surface area contributed by atoms with Crippen molar-refractivity contribution in [2.75, 3.05) is 11.5 Å². The second-order valence-electron chi connectivity index (χ2n) is 5.95. The van der Waals surface area contributed by atoms with Crippen molar-refractivity contribution in [3.05, 3.63) is 36.1 Å². The first-order valence-corrected chi connectivity index (χ1v) is 9.23. The third-order valence-electron chi connectivity index (χ3n) is 4.05. The van der Waals surface area contributed by atoms with E-state index in [0.717, 1.165) is 11.0 Å². The SMILES string of the molecule is C[C@H](NC(=O)C[C@H]1CCS(=O)(=O)C1)c1cc2ccccc2o1. The molecule has 1 aromatic carbocycles. The van der Waals surface area contributed by atoms with Crippen LogP contribution in [0.15, 0.2) is 34.7 Å². The molecule has 0 unspecified atom stereocenters. The number of amides is 1. The Labute approximate surface area is 129 Å². The van der Waals surface area contributed by atoms with Crippen molar-refractivity contribution in [3.63, 3.8) is 0 Å². The normalized spacial score (nSPS) is 21.8. The molecule has 0 saturated carbocycles. The summed E-state index contributed by atoms with van der Waals surface area (Å²) < 4.78 is 28.6. The maximum absolute atomic E-state index is 12.1. The maximum atomic E-state index is 12.1. The first-order valence-electron chi connectivity index (χ1n) is 7.41. The van der Waals surface area contributed by atoms with E-state index in [4.69, 9.17) is 4.42 Å². The minimum absolute atomic E-state index is 0.0622. The monoisotopic (exact) mass is 321 g/mol. The summed E-state index contributed by atoms with van der Waals surface area (Å²) in [4.78, 5) is 12.1. The van der Waals surface area contributed by atoms with E-state index in [-0.39, 0.29) is 35.8 Å². The number of benzene rings is 1. The molecule has 5 nitrogen and oxygen atoms in total. The molecule has 3 rings (SSSR count). The number of para-hydroxylation sites is 1. The number of furan rings is 1. The molecule has 1 aliphatic rings. The summed E-state index contributed by atoms with van der Waals surface area (Å²) in [5.41, 5.74) is 0.792. The van der Waals surface area contributed by atoms with Gasteiger partial charge in [-0.2, -0.15) is 0 Å². The van der Waals surface area contributed by atoms with E-state index in [2.05, 4.69) is 5.32 Å². The smallest absolute Gasteiger partial charge is 0.220 e. The third kappa shape index (κ3) is 3.32. The Morgan fingerprint density at radius 3 is 2.86 bits per heavy atom. The Morgan fingerprint density at radius 1 is 1.41 bits per heavy atom. The van der Waals surface area contributed by atoms with Crippen molar-refractivity contribution >= 4 is 26.7 Å². The van der Waals surface area contributed by atoms with E-state index in [0.29, 0.717) is 12.2 Å². The van der Waals surface area contributed by atoms with Crippen LogP contribution in [0.5, 0.6) is 0 Å². The minimum Gasteiger partial charge on any atom is -0.459 e. The van der Waals surface area contributed by atoms with Crippen molar-refractivity contribution in [1.82, 2.24) is 5.32 Å². The fourth-order valence-electron chi connectivity index (χ4n) is 2.88. The van der Waals surface area contributed by atoms with E-state index in [1.54, 1.807) is 0 Å². The zero-order valence-electron chi connectivity index (χ0n) is 12.4. The number of carbonyl (C=O) groups is 1. The van der Waals surface area contributed by atoms with Crippen molar-refractivity contribution in [3.8, 4) is 0 Å². The van der Waals surface area contributed by atoms with Crippen LogP contribution in [0.2, 0.25) is 0 Å². The molecule has 0 spiro atoms. The van der Waals surface area contributed by atoms with E-state index < -0.39 is 9.84 Å². The number of hydrogen-bond acceptors (Lipinski definition) is 4. The van der Waals surface area contributed by atoms with E-state index in [1.807, 2.05) is 37.3 Å². The first-order chi connectivity index (χ1) is 10.4. The lowest BCUT2D eigenvalue weighted by molar-refractivity contribution is -0.122. The Kier molecular flexibility index (Phi) is 3.95. The van der Waals surface area contributed by atoms with Crippen LogP contribution in [0.1, 0.15) is 31.6 Å². The van der Waals surface area contributed by atoms with E-state index in [9.17, 15) is 13.2 Å². The van der Waals surface area contributed by atoms with Crippen LogP contribution in [0, 0.1) is 5.92 Å². The van der Waals surface area contributed by atoms with Crippen LogP contribution in [0.4, 0.5) is 0 Å². The molecule has 6 heteroatoms. The quantitative estimate of drug-likeness (QED) is 0.938. The van der Waals surface area contributed by atoms with Gasteiger partial charge >= 0.3 is 0 Å². The number of fused-ring (bicyclic) bond motifs is 1.